The molecule has 0 bridgehead atoms. The Kier molecular flexibility index (Phi) is 6.58. The van der Waals surface area contributed by atoms with Crippen molar-refractivity contribution in [2.45, 2.75) is 38.2 Å². The molecule has 0 saturated heterocycles. The van der Waals surface area contributed by atoms with E-state index in [4.69, 9.17) is 37.4 Å². The number of carbonyl (C=O) groups excluding carboxylic acids is 1. The topological polar surface area (TPSA) is 79.7 Å². The van der Waals surface area contributed by atoms with E-state index in [2.05, 4.69) is 4.98 Å². The molecule has 0 aliphatic heterocycles. The monoisotopic (exact) mass is 476 g/mol. The van der Waals surface area contributed by atoms with Crippen LogP contribution in [-0.4, -0.2) is 36.0 Å². The molecule has 2 aromatic heterocycles. The molecule has 0 atom stereocenters. The van der Waals surface area contributed by atoms with Crippen LogP contribution in [0.15, 0.2) is 35.4 Å². The van der Waals surface area contributed by atoms with Crippen LogP contribution in [0.3, 0.4) is 0 Å². The average Bonchev–Trinajstić information content (AvgIpc) is 3.29. The van der Waals surface area contributed by atoms with Crippen molar-refractivity contribution in [3.05, 3.63) is 62.1 Å². The fourth-order valence-electron chi connectivity index (χ4n) is 4.10. The molecule has 1 saturated carbocycles. The third kappa shape index (κ3) is 4.14. The molecule has 0 amide bonds. The van der Waals surface area contributed by atoms with E-state index in [1.54, 1.807) is 12.1 Å². The molecule has 0 unspecified atom stereocenters. The molecule has 1 aliphatic rings. The highest BCUT2D eigenvalue weighted by atomic mass is 35.5. The standard InChI is InChI=1S/C23H22Cl2N2O5/c1-30-19-8-7-15-13(9-16-17(24)11-26-12-18(16)25)10-20(28)27(23(29)31-2)21(15)22(19)32-14-5-3-4-6-14/h7-8,10-12,14H,3-6,9H2,1-2H3. The molecule has 168 valence electrons. The highest BCUT2D eigenvalue weighted by molar-refractivity contribution is 6.35. The largest absolute Gasteiger partial charge is 0.493 e. The van der Waals surface area contributed by atoms with Crippen LogP contribution >= 0.6 is 23.2 Å². The third-order valence-electron chi connectivity index (χ3n) is 5.67. The first-order valence-electron chi connectivity index (χ1n) is 10.2. The first kappa shape index (κ1) is 22.4. The quantitative estimate of drug-likeness (QED) is 0.500. The summed E-state index contributed by atoms with van der Waals surface area (Å²) in [4.78, 5) is 29.7. The van der Waals surface area contributed by atoms with E-state index < -0.39 is 11.7 Å². The molecule has 4 rings (SSSR count). The van der Waals surface area contributed by atoms with Crippen molar-refractivity contribution in [1.82, 2.24) is 9.55 Å². The summed E-state index contributed by atoms with van der Waals surface area (Å²) in [5.41, 5.74) is 1.02. The SMILES string of the molecule is COC(=O)n1c(=O)cc(Cc2c(Cl)cncc2Cl)c2ccc(OC)c(OC3CCCC3)c21. The van der Waals surface area contributed by atoms with Crippen molar-refractivity contribution in [3.63, 3.8) is 0 Å². The number of benzene rings is 1. The van der Waals surface area contributed by atoms with Gasteiger partial charge in [-0.25, -0.2) is 9.36 Å². The second kappa shape index (κ2) is 9.38. The van der Waals surface area contributed by atoms with E-state index >= 15 is 0 Å². The minimum atomic E-state index is -0.809. The lowest BCUT2D eigenvalue weighted by atomic mass is 10.0. The molecule has 0 radical (unpaired) electrons. The number of rotatable bonds is 5. The normalized spacial score (nSPS) is 14.0. The molecular formula is C23H22Cl2N2O5. The van der Waals surface area contributed by atoms with Gasteiger partial charge in [-0.05, 0) is 48.9 Å². The van der Waals surface area contributed by atoms with Crippen LogP contribution in [0.5, 0.6) is 11.5 Å². The Balaban J connectivity index is 1.99. The van der Waals surface area contributed by atoms with Crippen LogP contribution in [0.2, 0.25) is 10.0 Å². The van der Waals surface area contributed by atoms with Crippen molar-refractivity contribution in [2.75, 3.05) is 14.2 Å². The summed E-state index contributed by atoms with van der Waals surface area (Å²) < 4.78 is 17.7. The van der Waals surface area contributed by atoms with Gasteiger partial charge in [-0.3, -0.25) is 9.78 Å². The number of hydrogen-bond donors (Lipinski definition) is 0. The summed E-state index contributed by atoms with van der Waals surface area (Å²) in [5.74, 6) is 0.770. The highest BCUT2D eigenvalue weighted by Gasteiger charge is 2.26. The van der Waals surface area contributed by atoms with Crippen molar-refractivity contribution >= 4 is 40.2 Å². The zero-order chi connectivity index (χ0) is 22.8. The zero-order valence-corrected chi connectivity index (χ0v) is 19.2. The summed E-state index contributed by atoms with van der Waals surface area (Å²) >= 11 is 12.6. The van der Waals surface area contributed by atoms with E-state index in [0.29, 0.717) is 43.6 Å². The number of aromatic nitrogens is 2. The molecule has 3 aromatic rings. The lowest BCUT2D eigenvalue weighted by Crippen LogP contribution is -2.28. The van der Waals surface area contributed by atoms with E-state index in [0.717, 1.165) is 30.3 Å². The Morgan fingerprint density at radius 2 is 1.84 bits per heavy atom. The van der Waals surface area contributed by atoms with Crippen LogP contribution < -0.4 is 15.0 Å². The highest BCUT2D eigenvalue weighted by Crippen LogP contribution is 2.39. The van der Waals surface area contributed by atoms with Gasteiger partial charge in [-0.1, -0.05) is 23.2 Å². The van der Waals surface area contributed by atoms with Crippen molar-refractivity contribution in [1.29, 1.82) is 0 Å². The number of methoxy groups -OCH3 is 2. The van der Waals surface area contributed by atoms with Gasteiger partial charge in [-0.15, -0.1) is 0 Å². The number of hydrogen-bond acceptors (Lipinski definition) is 6. The minimum absolute atomic E-state index is 0.0246. The van der Waals surface area contributed by atoms with Crippen LogP contribution in [0, 0.1) is 0 Å². The summed E-state index contributed by atoms with van der Waals surface area (Å²) in [6.07, 6.45) is 6.34. The first-order chi connectivity index (χ1) is 15.4. The predicted molar refractivity (Wildman–Crippen MR) is 123 cm³/mol. The molecule has 1 fully saturated rings. The first-order valence-corrected chi connectivity index (χ1v) is 11.0. The number of ether oxygens (including phenoxy) is 3. The Bertz CT molecular complexity index is 1220. The predicted octanol–water partition coefficient (Wildman–Crippen LogP) is 5.24. The Labute approximate surface area is 194 Å². The second-order valence-electron chi connectivity index (χ2n) is 7.59. The van der Waals surface area contributed by atoms with Crippen LogP contribution in [0.1, 0.15) is 36.8 Å². The van der Waals surface area contributed by atoms with E-state index in [-0.39, 0.29) is 12.5 Å². The fraction of sp³-hybridized carbons (Fsp3) is 0.348. The molecule has 7 nitrogen and oxygen atoms in total. The van der Waals surface area contributed by atoms with E-state index in [9.17, 15) is 9.59 Å². The summed E-state index contributed by atoms with van der Waals surface area (Å²) in [5, 5.41) is 1.41. The van der Waals surface area contributed by atoms with Gasteiger partial charge < -0.3 is 14.2 Å². The van der Waals surface area contributed by atoms with Crippen LogP contribution in [0.4, 0.5) is 4.79 Å². The van der Waals surface area contributed by atoms with Gasteiger partial charge in [0.1, 0.15) is 5.52 Å². The molecule has 0 spiro atoms. The molecule has 1 aromatic carbocycles. The molecule has 0 N–H and O–H groups in total. The van der Waals surface area contributed by atoms with Crippen molar-refractivity contribution < 1.29 is 19.0 Å². The third-order valence-corrected chi connectivity index (χ3v) is 6.32. The smallest absolute Gasteiger partial charge is 0.421 e. The number of carbonyl (C=O) groups is 1. The lowest BCUT2D eigenvalue weighted by molar-refractivity contribution is 0.172. The molecule has 32 heavy (non-hydrogen) atoms. The van der Waals surface area contributed by atoms with Gasteiger partial charge in [0.05, 0.1) is 30.4 Å². The van der Waals surface area contributed by atoms with Gasteiger partial charge in [0.15, 0.2) is 11.5 Å². The van der Waals surface area contributed by atoms with Crippen molar-refractivity contribution in [2.24, 2.45) is 0 Å². The maximum Gasteiger partial charge on any atom is 0.421 e. The Morgan fingerprint density at radius 1 is 1.16 bits per heavy atom. The van der Waals surface area contributed by atoms with Gasteiger partial charge >= 0.3 is 6.09 Å². The van der Waals surface area contributed by atoms with Crippen LogP contribution in [-0.2, 0) is 11.2 Å². The Morgan fingerprint density at radius 3 is 2.47 bits per heavy atom. The van der Waals surface area contributed by atoms with Gasteiger partial charge in [-0.2, -0.15) is 0 Å². The number of nitrogens with zero attached hydrogens (tertiary/aromatic N) is 2. The zero-order valence-electron chi connectivity index (χ0n) is 17.7. The number of pyridine rings is 2. The van der Waals surface area contributed by atoms with Gasteiger partial charge in [0, 0.05) is 30.3 Å². The maximum atomic E-state index is 13.1. The summed E-state index contributed by atoms with van der Waals surface area (Å²) in [6, 6.07) is 4.93. The molecular weight excluding hydrogens is 455 g/mol. The lowest BCUT2D eigenvalue weighted by Gasteiger charge is -2.21. The number of fused-ring (bicyclic) bond motifs is 1. The number of halogens is 2. The fourth-order valence-corrected chi connectivity index (χ4v) is 4.60. The van der Waals surface area contributed by atoms with Crippen LogP contribution in [0.25, 0.3) is 10.9 Å². The molecule has 2 heterocycles. The van der Waals surface area contributed by atoms with E-state index in [1.807, 2.05) is 0 Å². The summed E-state index contributed by atoms with van der Waals surface area (Å²) in [6.45, 7) is 0. The maximum absolute atomic E-state index is 13.1. The average molecular weight is 477 g/mol. The second-order valence-corrected chi connectivity index (χ2v) is 8.40. The van der Waals surface area contributed by atoms with E-state index in [1.165, 1.54) is 32.7 Å². The van der Waals surface area contributed by atoms with Gasteiger partial charge in [0.25, 0.3) is 5.56 Å². The Hall–Kier alpha value is -2.77. The minimum Gasteiger partial charge on any atom is -0.493 e. The molecule has 1 aliphatic carbocycles. The molecule has 9 heteroatoms. The van der Waals surface area contributed by atoms with Crippen molar-refractivity contribution in [3.8, 4) is 11.5 Å². The van der Waals surface area contributed by atoms with Gasteiger partial charge in [0.2, 0.25) is 0 Å². The summed E-state index contributed by atoms with van der Waals surface area (Å²) in [7, 11) is 2.74.